The molecule has 2 aromatic rings. The molecule has 0 spiro atoms. The van der Waals surface area contributed by atoms with E-state index >= 15 is 0 Å². The monoisotopic (exact) mass is 444 g/mol. The van der Waals surface area contributed by atoms with Crippen molar-refractivity contribution in [1.29, 1.82) is 0 Å². The van der Waals surface area contributed by atoms with Crippen molar-refractivity contribution in [2.45, 2.75) is 31.4 Å². The fourth-order valence-electron chi connectivity index (χ4n) is 3.40. The van der Waals surface area contributed by atoms with Gasteiger partial charge in [-0.05, 0) is 42.8 Å². The van der Waals surface area contributed by atoms with Crippen molar-refractivity contribution in [1.82, 2.24) is 10.2 Å². The molecule has 3 rings (SSSR count). The zero-order chi connectivity index (χ0) is 22.9. The lowest BCUT2D eigenvalue weighted by atomic mass is 10.2. The van der Waals surface area contributed by atoms with Crippen LogP contribution in [0.4, 0.5) is 4.39 Å². The zero-order valence-electron chi connectivity index (χ0n) is 17.4. The average molecular weight is 444 g/mol. The summed E-state index contributed by atoms with van der Waals surface area (Å²) in [7, 11) is 0. The van der Waals surface area contributed by atoms with Gasteiger partial charge in [-0.1, -0.05) is 18.2 Å². The molecule has 2 amide bonds. The number of hydrogen-bond acceptors (Lipinski definition) is 5. The number of benzene rings is 2. The molecule has 0 saturated carbocycles. The summed E-state index contributed by atoms with van der Waals surface area (Å²) in [6.07, 6.45) is 0.211. The van der Waals surface area contributed by atoms with E-state index in [1.165, 1.54) is 29.2 Å². The number of carboxylic acids is 1. The minimum absolute atomic E-state index is 0.0635. The minimum Gasteiger partial charge on any atom is -0.494 e. The number of carbonyl (C=O) groups excluding carboxylic acids is 2. The van der Waals surface area contributed by atoms with Crippen LogP contribution < -0.4 is 14.8 Å². The predicted octanol–water partition coefficient (Wildman–Crippen LogP) is 2.23. The second-order valence-corrected chi connectivity index (χ2v) is 7.37. The van der Waals surface area contributed by atoms with Gasteiger partial charge in [0, 0.05) is 12.8 Å². The third-order valence-electron chi connectivity index (χ3n) is 4.98. The van der Waals surface area contributed by atoms with Gasteiger partial charge in [0.2, 0.25) is 11.8 Å². The summed E-state index contributed by atoms with van der Waals surface area (Å²) >= 11 is 0. The van der Waals surface area contributed by atoms with Crippen molar-refractivity contribution in [3.8, 4) is 11.5 Å². The predicted molar refractivity (Wildman–Crippen MR) is 113 cm³/mol. The number of nitrogens with zero attached hydrogens (tertiary/aromatic N) is 1. The molecule has 0 aliphatic carbocycles. The largest absolute Gasteiger partial charge is 0.494 e. The average Bonchev–Trinajstić information content (AvgIpc) is 3.22. The molecule has 2 aromatic carbocycles. The lowest BCUT2D eigenvalue weighted by molar-refractivity contribution is -0.148. The van der Waals surface area contributed by atoms with Crippen LogP contribution in [0.25, 0.3) is 0 Å². The van der Waals surface area contributed by atoms with Gasteiger partial charge in [0.15, 0.2) is 0 Å². The van der Waals surface area contributed by atoms with Crippen LogP contribution in [-0.2, 0) is 14.4 Å². The van der Waals surface area contributed by atoms with E-state index in [4.69, 9.17) is 9.47 Å². The van der Waals surface area contributed by atoms with Gasteiger partial charge in [-0.2, -0.15) is 0 Å². The highest BCUT2D eigenvalue weighted by atomic mass is 19.1. The molecule has 0 bridgehead atoms. The molecule has 2 N–H and O–H groups in total. The Kier molecular flexibility index (Phi) is 8.02. The summed E-state index contributed by atoms with van der Waals surface area (Å²) in [5, 5.41) is 12.0. The molecule has 1 unspecified atom stereocenters. The van der Waals surface area contributed by atoms with E-state index in [0.717, 1.165) is 0 Å². The van der Waals surface area contributed by atoms with Crippen molar-refractivity contribution in [3.63, 3.8) is 0 Å². The SMILES string of the molecule is O=C(CCCOc1ccccc1)NCC(=O)N1CC(Oc2ccc(F)cc2)C[C@@H]1C(=O)O. The van der Waals surface area contributed by atoms with Crippen LogP contribution in [0.3, 0.4) is 0 Å². The van der Waals surface area contributed by atoms with Crippen LogP contribution in [0, 0.1) is 5.82 Å². The normalized spacial score (nSPS) is 17.6. The smallest absolute Gasteiger partial charge is 0.326 e. The Morgan fingerprint density at radius 1 is 1.06 bits per heavy atom. The van der Waals surface area contributed by atoms with E-state index in [1.54, 1.807) is 0 Å². The van der Waals surface area contributed by atoms with Crippen LogP contribution in [0.15, 0.2) is 54.6 Å². The number of likely N-dealkylation sites (tertiary alicyclic amines) is 1. The summed E-state index contributed by atoms with van der Waals surface area (Å²) < 4.78 is 24.2. The topological polar surface area (TPSA) is 105 Å². The maximum atomic E-state index is 13.0. The van der Waals surface area contributed by atoms with E-state index < -0.39 is 29.8 Å². The molecule has 9 heteroatoms. The number of nitrogens with one attached hydrogen (secondary N) is 1. The summed E-state index contributed by atoms with van der Waals surface area (Å²) in [6.45, 7) is 0.125. The molecular formula is C23H25FN2O6. The van der Waals surface area contributed by atoms with Gasteiger partial charge in [0.1, 0.15) is 29.5 Å². The first kappa shape index (κ1) is 23.1. The number of halogens is 1. The Hall–Kier alpha value is -3.62. The van der Waals surface area contributed by atoms with Crippen molar-refractivity contribution >= 4 is 17.8 Å². The van der Waals surface area contributed by atoms with Gasteiger partial charge in [0.05, 0.1) is 19.7 Å². The van der Waals surface area contributed by atoms with Crippen LogP contribution >= 0.6 is 0 Å². The van der Waals surface area contributed by atoms with Crippen molar-refractivity contribution < 1.29 is 33.4 Å². The standard InChI is InChI=1S/C23H25FN2O6/c24-16-8-10-18(11-9-16)32-19-13-20(23(29)30)26(15-19)22(28)14-25-21(27)7-4-12-31-17-5-2-1-3-6-17/h1-3,5-6,8-11,19-20H,4,7,12-15H2,(H,25,27)(H,29,30)/t19?,20-/m1/s1. The lowest BCUT2D eigenvalue weighted by Gasteiger charge is -2.21. The molecule has 1 fully saturated rings. The molecule has 32 heavy (non-hydrogen) atoms. The van der Waals surface area contributed by atoms with Crippen LogP contribution in [0.1, 0.15) is 19.3 Å². The molecule has 8 nitrogen and oxygen atoms in total. The highest BCUT2D eigenvalue weighted by molar-refractivity contribution is 5.88. The molecule has 1 aliphatic heterocycles. The molecule has 0 radical (unpaired) electrons. The van der Waals surface area contributed by atoms with Gasteiger partial charge in [-0.3, -0.25) is 9.59 Å². The Bertz CT molecular complexity index is 922. The first-order valence-electron chi connectivity index (χ1n) is 10.3. The quantitative estimate of drug-likeness (QED) is 0.545. The van der Waals surface area contributed by atoms with Gasteiger partial charge in [0.25, 0.3) is 0 Å². The Morgan fingerprint density at radius 3 is 2.47 bits per heavy atom. The lowest BCUT2D eigenvalue weighted by Crippen LogP contribution is -2.45. The van der Waals surface area contributed by atoms with E-state index in [0.29, 0.717) is 24.5 Å². The summed E-state index contributed by atoms with van der Waals surface area (Å²) in [5.41, 5.74) is 0. The van der Waals surface area contributed by atoms with E-state index in [-0.39, 0.29) is 31.8 Å². The number of carboxylic acid groups (broad SMARTS) is 1. The first-order valence-corrected chi connectivity index (χ1v) is 10.3. The van der Waals surface area contributed by atoms with Crippen molar-refractivity contribution in [2.24, 2.45) is 0 Å². The second kappa shape index (κ2) is 11.1. The number of rotatable bonds is 10. The third kappa shape index (κ3) is 6.69. The highest BCUT2D eigenvalue weighted by Gasteiger charge is 2.40. The number of hydrogen-bond donors (Lipinski definition) is 2. The Morgan fingerprint density at radius 2 is 1.78 bits per heavy atom. The van der Waals surface area contributed by atoms with Gasteiger partial charge in [-0.25, -0.2) is 9.18 Å². The van der Waals surface area contributed by atoms with Gasteiger partial charge in [-0.15, -0.1) is 0 Å². The second-order valence-electron chi connectivity index (χ2n) is 7.37. The minimum atomic E-state index is -1.15. The molecule has 170 valence electrons. The molecule has 0 aromatic heterocycles. The van der Waals surface area contributed by atoms with Crippen molar-refractivity contribution in [2.75, 3.05) is 19.7 Å². The van der Waals surface area contributed by atoms with Gasteiger partial charge < -0.3 is 24.8 Å². The maximum Gasteiger partial charge on any atom is 0.326 e. The number of carbonyl (C=O) groups is 3. The van der Waals surface area contributed by atoms with Crippen LogP contribution in [0.5, 0.6) is 11.5 Å². The summed E-state index contributed by atoms with van der Waals surface area (Å²) in [5.74, 6) is -1.27. The highest BCUT2D eigenvalue weighted by Crippen LogP contribution is 2.23. The Balaban J connectivity index is 1.42. The summed E-state index contributed by atoms with van der Waals surface area (Å²) in [4.78, 5) is 37.3. The van der Waals surface area contributed by atoms with E-state index in [2.05, 4.69) is 5.32 Å². The number of para-hydroxylation sites is 1. The zero-order valence-corrected chi connectivity index (χ0v) is 17.4. The number of aliphatic carboxylic acids is 1. The maximum absolute atomic E-state index is 13.0. The molecule has 2 atom stereocenters. The molecule has 1 aliphatic rings. The molecule has 1 heterocycles. The fraction of sp³-hybridized carbons (Fsp3) is 0.348. The van der Waals surface area contributed by atoms with Crippen molar-refractivity contribution in [3.05, 3.63) is 60.4 Å². The summed E-state index contributed by atoms with van der Waals surface area (Å²) in [6, 6.07) is 13.5. The first-order chi connectivity index (χ1) is 15.4. The molecular weight excluding hydrogens is 419 g/mol. The van der Waals surface area contributed by atoms with Crippen LogP contribution in [-0.4, -0.2) is 59.6 Å². The van der Waals surface area contributed by atoms with Gasteiger partial charge >= 0.3 is 5.97 Å². The van der Waals surface area contributed by atoms with E-state index in [1.807, 2.05) is 30.3 Å². The number of amides is 2. The van der Waals surface area contributed by atoms with E-state index in [9.17, 15) is 23.9 Å². The Labute approximate surface area is 184 Å². The van der Waals surface area contributed by atoms with Crippen LogP contribution in [0.2, 0.25) is 0 Å². The molecule has 1 saturated heterocycles. The number of ether oxygens (including phenoxy) is 2. The fourth-order valence-corrected chi connectivity index (χ4v) is 3.40. The third-order valence-corrected chi connectivity index (χ3v) is 4.98.